The number of anilines is 1. The van der Waals surface area contributed by atoms with Crippen LogP contribution in [0.25, 0.3) is 11.1 Å². The maximum atomic E-state index is 12.4. The van der Waals surface area contributed by atoms with E-state index in [1.54, 1.807) is 12.1 Å². The molecule has 0 spiro atoms. The second kappa shape index (κ2) is 8.92. The lowest BCUT2D eigenvalue weighted by Gasteiger charge is -2.17. The summed E-state index contributed by atoms with van der Waals surface area (Å²) in [5.41, 5.74) is 11.8. The monoisotopic (exact) mass is 416 g/mol. The third-order valence-electron chi connectivity index (χ3n) is 5.64. The largest absolute Gasteiger partial charge is 0.480 e. The first-order valence-corrected chi connectivity index (χ1v) is 10.2. The molecule has 0 bridgehead atoms. The molecule has 0 unspecified atom stereocenters. The van der Waals surface area contributed by atoms with Gasteiger partial charge in [0.2, 0.25) is 0 Å². The number of carbonyl (C=O) groups excluding carboxylic acids is 1. The van der Waals surface area contributed by atoms with Crippen molar-refractivity contribution in [2.45, 2.75) is 24.8 Å². The van der Waals surface area contributed by atoms with Crippen molar-refractivity contribution in [3.63, 3.8) is 0 Å². The van der Waals surface area contributed by atoms with Crippen LogP contribution < -0.4 is 11.1 Å². The molecule has 3 aromatic carbocycles. The van der Waals surface area contributed by atoms with Crippen LogP contribution in [0.2, 0.25) is 0 Å². The van der Waals surface area contributed by atoms with Crippen LogP contribution in [0, 0.1) is 0 Å². The Hall–Kier alpha value is -3.80. The average Bonchev–Trinajstić information content (AvgIpc) is 3.10. The molecular formula is C25H24N2O4. The number of benzene rings is 3. The maximum absolute atomic E-state index is 12.4. The number of hydrogen-bond donors (Lipinski definition) is 3. The molecule has 0 fully saturated rings. The standard InChI is InChI=1S/C25H24N2O4/c26-17-12-9-16(10-13-17)11-14-23(24(28)29)27-25(30)31-15-22-20-7-3-1-5-18(20)19-6-2-4-8-21(19)22/h1-10,12-13,22-23H,11,14-15,26H2,(H,27,30)(H,28,29)/t23-/m1/s1. The molecule has 0 radical (unpaired) electrons. The van der Waals surface area contributed by atoms with Gasteiger partial charge in [-0.15, -0.1) is 0 Å². The molecule has 158 valence electrons. The SMILES string of the molecule is Nc1ccc(CC[C@@H](NC(=O)OCC2c3ccccc3-c3ccccc32)C(=O)O)cc1. The molecule has 6 heteroatoms. The van der Waals surface area contributed by atoms with E-state index in [-0.39, 0.29) is 18.9 Å². The van der Waals surface area contributed by atoms with Gasteiger partial charge in [-0.3, -0.25) is 0 Å². The van der Waals surface area contributed by atoms with Crippen molar-refractivity contribution < 1.29 is 19.4 Å². The normalized spacial score (nSPS) is 13.2. The summed E-state index contributed by atoms with van der Waals surface area (Å²) in [6, 6.07) is 22.3. The van der Waals surface area contributed by atoms with Gasteiger partial charge >= 0.3 is 12.1 Å². The zero-order valence-electron chi connectivity index (χ0n) is 17.0. The molecule has 0 saturated heterocycles. The van der Waals surface area contributed by atoms with Crippen molar-refractivity contribution in [3.05, 3.63) is 89.5 Å². The molecule has 0 saturated carbocycles. The Kier molecular flexibility index (Phi) is 5.89. The van der Waals surface area contributed by atoms with Gasteiger partial charge < -0.3 is 20.9 Å². The summed E-state index contributed by atoms with van der Waals surface area (Å²) in [6.07, 6.45) is 0.0243. The summed E-state index contributed by atoms with van der Waals surface area (Å²) >= 11 is 0. The predicted molar refractivity (Wildman–Crippen MR) is 119 cm³/mol. The van der Waals surface area contributed by atoms with Gasteiger partial charge in [0.15, 0.2) is 0 Å². The third kappa shape index (κ3) is 4.53. The molecule has 1 amide bonds. The quantitative estimate of drug-likeness (QED) is 0.501. The first kappa shape index (κ1) is 20.5. The molecule has 4 rings (SSSR count). The highest BCUT2D eigenvalue weighted by molar-refractivity contribution is 5.81. The number of carboxylic acid groups (broad SMARTS) is 1. The number of fused-ring (bicyclic) bond motifs is 3. The van der Waals surface area contributed by atoms with E-state index in [1.165, 1.54) is 0 Å². The Morgan fingerprint density at radius 3 is 2.10 bits per heavy atom. The molecule has 0 aliphatic heterocycles. The van der Waals surface area contributed by atoms with Gasteiger partial charge in [-0.1, -0.05) is 60.7 Å². The van der Waals surface area contributed by atoms with E-state index in [0.29, 0.717) is 12.1 Å². The molecular weight excluding hydrogens is 392 g/mol. The minimum Gasteiger partial charge on any atom is -0.480 e. The highest BCUT2D eigenvalue weighted by Gasteiger charge is 2.29. The number of rotatable bonds is 7. The van der Waals surface area contributed by atoms with Crippen LogP contribution in [0.1, 0.15) is 29.0 Å². The van der Waals surface area contributed by atoms with Gasteiger partial charge in [-0.2, -0.15) is 0 Å². The smallest absolute Gasteiger partial charge is 0.407 e. The summed E-state index contributed by atoms with van der Waals surface area (Å²) < 4.78 is 5.46. The number of alkyl carbamates (subject to hydrolysis) is 1. The molecule has 1 aliphatic rings. The molecule has 3 aromatic rings. The van der Waals surface area contributed by atoms with Crippen LogP contribution in [-0.2, 0) is 16.0 Å². The zero-order valence-corrected chi connectivity index (χ0v) is 17.0. The minimum absolute atomic E-state index is 0.0730. The van der Waals surface area contributed by atoms with Gasteiger partial charge in [0.1, 0.15) is 12.6 Å². The fourth-order valence-corrected chi connectivity index (χ4v) is 4.04. The van der Waals surface area contributed by atoms with Crippen molar-refractivity contribution in [3.8, 4) is 11.1 Å². The fraction of sp³-hybridized carbons (Fsp3) is 0.200. The van der Waals surface area contributed by atoms with Gasteiger partial charge in [0.05, 0.1) is 0 Å². The summed E-state index contributed by atoms with van der Waals surface area (Å²) in [7, 11) is 0. The number of nitrogens with two attached hydrogens (primary N) is 1. The van der Waals surface area contributed by atoms with E-state index in [0.717, 1.165) is 27.8 Å². The Morgan fingerprint density at radius 1 is 0.935 bits per heavy atom. The summed E-state index contributed by atoms with van der Waals surface area (Å²) in [5, 5.41) is 12.0. The maximum Gasteiger partial charge on any atom is 0.407 e. The van der Waals surface area contributed by atoms with Gasteiger partial charge in [-0.25, -0.2) is 9.59 Å². The van der Waals surface area contributed by atoms with Gasteiger partial charge in [0, 0.05) is 11.6 Å². The Labute approximate surface area is 180 Å². The van der Waals surface area contributed by atoms with Crippen LogP contribution in [0.3, 0.4) is 0 Å². The number of aryl methyl sites for hydroxylation is 1. The van der Waals surface area contributed by atoms with Crippen molar-refractivity contribution in [1.29, 1.82) is 0 Å². The number of carboxylic acids is 1. The number of aliphatic carboxylic acids is 1. The number of hydrogen-bond acceptors (Lipinski definition) is 4. The van der Waals surface area contributed by atoms with Crippen molar-refractivity contribution in [2.24, 2.45) is 0 Å². The second-order valence-electron chi connectivity index (χ2n) is 7.64. The van der Waals surface area contributed by atoms with E-state index in [1.807, 2.05) is 48.5 Å². The lowest BCUT2D eigenvalue weighted by Crippen LogP contribution is -2.41. The second-order valence-corrected chi connectivity index (χ2v) is 7.64. The molecule has 4 N–H and O–H groups in total. The summed E-state index contributed by atoms with van der Waals surface area (Å²) in [6.45, 7) is 0.143. The Bertz CT molecular complexity index is 1050. The number of amides is 1. The molecule has 1 aliphatic carbocycles. The molecule has 6 nitrogen and oxygen atoms in total. The predicted octanol–water partition coefficient (Wildman–Crippen LogP) is 4.19. The number of nitrogens with one attached hydrogen (secondary N) is 1. The molecule has 0 aromatic heterocycles. The number of nitrogen functional groups attached to an aromatic ring is 1. The van der Waals surface area contributed by atoms with E-state index in [9.17, 15) is 14.7 Å². The fourth-order valence-electron chi connectivity index (χ4n) is 4.04. The Morgan fingerprint density at radius 2 is 1.52 bits per heavy atom. The van der Waals surface area contributed by atoms with Crippen LogP contribution in [0.5, 0.6) is 0 Å². The lowest BCUT2D eigenvalue weighted by atomic mass is 9.98. The van der Waals surface area contributed by atoms with Crippen molar-refractivity contribution >= 4 is 17.7 Å². The summed E-state index contributed by atoms with van der Waals surface area (Å²) in [5.74, 6) is -1.17. The van der Waals surface area contributed by atoms with Crippen molar-refractivity contribution in [1.82, 2.24) is 5.32 Å². The summed E-state index contributed by atoms with van der Waals surface area (Å²) in [4.78, 5) is 24.0. The van der Waals surface area contributed by atoms with Crippen LogP contribution >= 0.6 is 0 Å². The van der Waals surface area contributed by atoms with E-state index in [4.69, 9.17) is 10.5 Å². The molecule has 1 atom stereocenters. The zero-order chi connectivity index (χ0) is 21.8. The van der Waals surface area contributed by atoms with Crippen LogP contribution in [0.15, 0.2) is 72.8 Å². The van der Waals surface area contributed by atoms with Gasteiger partial charge in [-0.05, 0) is 52.8 Å². The molecule has 31 heavy (non-hydrogen) atoms. The van der Waals surface area contributed by atoms with Crippen LogP contribution in [-0.4, -0.2) is 29.8 Å². The molecule has 0 heterocycles. The highest BCUT2D eigenvalue weighted by Crippen LogP contribution is 2.44. The van der Waals surface area contributed by atoms with Gasteiger partial charge in [0.25, 0.3) is 0 Å². The average molecular weight is 416 g/mol. The van der Waals surface area contributed by atoms with Crippen molar-refractivity contribution in [2.75, 3.05) is 12.3 Å². The van der Waals surface area contributed by atoms with E-state index >= 15 is 0 Å². The topological polar surface area (TPSA) is 102 Å². The lowest BCUT2D eigenvalue weighted by molar-refractivity contribution is -0.139. The highest BCUT2D eigenvalue weighted by atomic mass is 16.5. The van der Waals surface area contributed by atoms with E-state index in [2.05, 4.69) is 17.4 Å². The Balaban J connectivity index is 1.38. The number of carbonyl (C=O) groups is 2. The minimum atomic E-state index is -1.09. The first-order valence-electron chi connectivity index (χ1n) is 10.2. The van der Waals surface area contributed by atoms with E-state index < -0.39 is 18.1 Å². The first-order chi connectivity index (χ1) is 15.0. The third-order valence-corrected chi connectivity index (χ3v) is 5.64. The number of ether oxygens (including phenoxy) is 1. The van der Waals surface area contributed by atoms with Crippen LogP contribution in [0.4, 0.5) is 10.5 Å².